The van der Waals surface area contributed by atoms with E-state index in [0.717, 1.165) is 18.5 Å². The molecule has 0 fully saturated rings. The van der Waals surface area contributed by atoms with Gasteiger partial charge in [-0.15, -0.1) is 5.10 Å². The van der Waals surface area contributed by atoms with Gasteiger partial charge in [-0.3, -0.25) is 0 Å². The van der Waals surface area contributed by atoms with Crippen LogP contribution in [0, 0.1) is 0 Å². The first-order valence-corrected chi connectivity index (χ1v) is 6.76. The monoisotopic (exact) mass is 273 g/mol. The van der Waals surface area contributed by atoms with Gasteiger partial charge in [0, 0.05) is 6.54 Å². The largest absolute Gasteiger partial charge is 0.478 e. The number of carboxylic acids is 1. The molecule has 2 heterocycles. The van der Waals surface area contributed by atoms with Crippen LogP contribution in [0.4, 0.5) is 0 Å². The third kappa shape index (κ3) is 2.34. The molecule has 1 N–H and O–H groups in total. The molecule has 0 bridgehead atoms. The Morgan fingerprint density at radius 3 is 3.00 bits per heavy atom. The molecule has 0 radical (unpaired) electrons. The molecular formula is C13H11N3O2S. The lowest BCUT2D eigenvalue weighted by Crippen LogP contribution is -2.03. The molecule has 5 nitrogen and oxygen atoms in total. The number of carboxylic acid groups (broad SMARTS) is 1. The molecule has 0 saturated carbocycles. The molecule has 96 valence electrons. The van der Waals surface area contributed by atoms with Gasteiger partial charge in [-0.25, -0.2) is 9.48 Å². The van der Waals surface area contributed by atoms with Gasteiger partial charge in [0.1, 0.15) is 5.52 Å². The Labute approximate surface area is 113 Å². The highest BCUT2D eigenvalue weighted by Crippen LogP contribution is 2.15. The number of fused-ring (bicyclic) bond motifs is 1. The minimum atomic E-state index is -0.949. The van der Waals surface area contributed by atoms with Crippen LogP contribution in [0.3, 0.4) is 0 Å². The van der Waals surface area contributed by atoms with Crippen molar-refractivity contribution in [2.75, 3.05) is 0 Å². The van der Waals surface area contributed by atoms with E-state index in [9.17, 15) is 4.79 Å². The van der Waals surface area contributed by atoms with Gasteiger partial charge in [0.05, 0.1) is 11.1 Å². The second-order valence-electron chi connectivity index (χ2n) is 4.20. The molecule has 19 heavy (non-hydrogen) atoms. The molecule has 0 unspecified atom stereocenters. The highest BCUT2D eigenvalue weighted by molar-refractivity contribution is 7.07. The summed E-state index contributed by atoms with van der Waals surface area (Å²) in [5.41, 5.74) is 2.98. The van der Waals surface area contributed by atoms with Crippen molar-refractivity contribution >= 4 is 28.3 Å². The number of nitrogens with zero attached hydrogens (tertiary/aromatic N) is 3. The second-order valence-corrected chi connectivity index (χ2v) is 4.98. The number of aromatic carboxylic acids is 1. The van der Waals surface area contributed by atoms with Crippen molar-refractivity contribution in [1.29, 1.82) is 0 Å². The van der Waals surface area contributed by atoms with Gasteiger partial charge in [-0.1, -0.05) is 5.21 Å². The van der Waals surface area contributed by atoms with Crippen LogP contribution in [0.25, 0.3) is 11.0 Å². The summed E-state index contributed by atoms with van der Waals surface area (Å²) in [4.78, 5) is 10.9. The molecule has 0 aliphatic carbocycles. The standard InChI is InChI=1S/C13H11N3O2S/c17-13(18)10-1-2-12-11(7-10)14-15-16(12)5-3-9-4-6-19-8-9/h1-2,4,6-8H,3,5H2,(H,17,18). The zero-order chi connectivity index (χ0) is 13.2. The number of aromatic nitrogens is 3. The highest BCUT2D eigenvalue weighted by Gasteiger charge is 2.09. The minimum absolute atomic E-state index is 0.234. The van der Waals surface area contributed by atoms with Gasteiger partial charge in [0.15, 0.2) is 0 Å². The number of hydrogen-bond acceptors (Lipinski definition) is 4. The van der Waals surface area contributed by atoms with E-state index < -0.39 is 5.97 Å². The Morgan fingerprint density at radius 1 is 1.37 bits per heavy atom. The maximum Gasteiger partial charge on any atom is 0.335 e. The average molecular weight is 273 g/mol. The topological polar surface area (TPSA) is 68.0 Å². The Kier molecular flexibility index (Phi) is 3.00. The van der Waals surface area contributed by atoms with Crippen LogP contribution in [0.2, 0.25) is 0 Å². The van der Waals surface area contributed by atoms with Crippen molar-refractivity contribution in [3.63, 3.8) is 0 Å². The van der Waals surface area contributed by atoms with Crippen LogP contribution in [0.5, 0.6) is 0 Å². The van der Waals surface area contributed by atoms with Crippen LogP contribution >= 0.6 is 11.3 Å². The molecule has 2 aromatic heterocycles. The Morgan fingerprint density at radius 2 is 2.26 bits per heavy atom. The van der Waals surface area contributed by atoms with Crippen molar-refractivity contribution in [2.24, 2.45) is 0 Å². The van der Waals surface area contributed by atoms with Crippen LogP contribution in [-0.4, -0.2) is 26.1 Å². The van der Waals surface area contributed by atoms with Crippen LogP contribution in [-0.2, 0) is 13.0 Å². The fraction of sp³-hybridized carbons (Fsp3) is 0.154. The molecule has 3 rings (SSSR count). The summed E-state index contributed by atoms with van der Waals surface area (Å²) >= 11 is 1.68. The number of hydrogen-bond donors (Lipinski definition) is 1. The van der Waals surface area contributed by atoms with Crippen molar-refractivity contribution in [3.8, 4) is 0 Å². The summed E-state index contributed by atoms with van der Waals surface area (Å²) in [6, 6.07) is 6.97. The zero-order valence-electron chi connectivity index (χ0n) is 9.98. The summed E-state index contributed by atoms with van der Waals surface area (Å²) in [6.07, 6.45) is 0.892. The second kappa shape index (κ2) is 4.81. The summed E-state index contributed by atoms with van der Waals surface area (Å²) in [5, 5.41) is 21.2. The van der Waals surface area contributed by atoms with E-state index in [1.165, 1.54) is 5.56 Å². The third-order valence-electron chi connectivity index (χ3n) is 2.95. The summed E-state index contributed by atoms with van der Waals surface area (Å²) in [6.45, 7) is 0.736. The average Bonchev–Trinajstić information content (AvgIpc) is 3.05. The van der Waals surface area contributed by atoms with Crippen LogP contribution < -0.4 is 0 Å². The first-order chi connectivity index (χ1) is 9.24. The smallest absolute Gasteiger partial charge is 0.335 e. The summed E-state index contributed by atoms with van der Waals surface area (Å²) in [7, 11) is 0. The molecule has 1 aromatic carbocycles. The van der Waals surface area contributed by atoms with E-state index in [2.05, 4.69) is 21.8 Å². The Bertz CT molecular complexity index is 719. The van der Waals surface area contributed by atoms with Crippen molar-refractivity contribution in [3.05, 3.63) is 46.2 Å². The van der Waals surface area contributed by atoms with Crippen molar-refractivity contribution in [1.82, 2.24) is 15.0 Å². The van der Waals surface area contributed by atoms with Gasteiger partial charge >= 0.3 is 5.97 Å². The van der Waals surface area contributed by atoms with Gasteiger partial charge < -0.3 is 5.11 Å². The van der Waals surface area contributed by atoms with E-state index in [0.29, 0.717) is 5.52 Å². The predicted octanol–water partition coefficient (Wildman–Crippen LogP) is 2.43. The number of rotatable bonds is 4. The van der Waals surface area contributed by atoms with Gasteiger partial charge in [0.25, 0.3) is 0 Å². The normalized spacial score (nSPS) is 10.9. The molecule has 0 aliphatic rings. The van der Waals surface area contributed by atoms with Crippen LogP contribution in [0.1, 0.15) is 15.9 Å². The molecule has 3 aromatic rings. The zero-order valence-corrected chi connectivity index (χ0v) is 10.8. The maximum atomic E-state index is 10.9. The van der Waals surface area contributed by atoms with Gasteiger partial charge in [-0.05, 0) is 47.0 Å². The van der Waals surface area contributed by atoms with Gasteiger partial charge in [0.2, 0.25) is 0 Å². The minimum Gasteiger partial charge on any atom is -0.478 e. The van der Waals surface area contributed by atoms with Gasteiger partial charge in [-0.2, -0.15) is 11.3 Å². The molecule has 6 heteroatoms. The van der Waals surface area contributed by atoms with E-state index >= 15 is 0 Å². The molecule has 0 amide bonds. The lowest BCUT2D eigenvalue weighted by Gasteiger charge is -2.01. The van der Waals surface area contributed by atoms with Crippen molar-refractivity contribution in [2.45, 2.75) is 13.0 Å². The molecule has 0 aliphatic heterocycles. The maximum absolute atomic E-state index is 10.9. The predicted molar refractivity (Wildman–Crippen MR) is 72.5 cm³/mol. The Balaban J connectivity index is 1.86. The fourth-order valence-corrected chi connectivity index (χ4v) is 2.64. The first-order valence-electron chi connectivity index (χ1n) is 5.81. The number of carbonyl (C=O) groups is 1. The quantitative estimate of drug-likeness (QED) is 0.792. The lowest BCUT2D eigenvalue weighted by atomic mass is 10.2. The molecule has 0 saturated heterocycles. The Hall–Kier alpha value is -2.21. The fourth-order valence-electron chi connectivity index (χ4n) is 1.94. The van der Waals surface area contributed by atoms with E-state index in [1.807, 2.05) is 5.38 Å². The van der Waals surface area contributed by atoms with E-state index in [4.69, 9.17) is 5.11 Å². The summed E-state index contributed by atoms with van der Waals surface area (Å²) in [5.74, 6) is -0.949. The van der Waals surface area contributed by atoms with Crippen molar-refractivity contribution < 1.29 is 9.90 Å². The number of thiophene rings is 1. The first kappa shape index (κ1) is 11.9. The molecule has 0 spiro atoms. The number of aryl methyl sites for hydroxylation is 2. The molecule has 0 atom stereocenters. The summed E-state index contributed by atoms with van der Waals surface area (Å²) < 4.78 is 1.80. The van der Waals surface area contributed by atoms with E-state index in [1.54, 1.807) is 34.2 Å². The molecular weight excluding hydrogens is 262 g/mol. The van der Waals surface area contributed by atoms with E-state index in [-0.39, 0.29) is 5.56 Å². The highest BCUT2D eigenvalue weighted by atomic mass is 32.1. The van der Waals surface area contributed by atoms with Crippen LogP contribution in [0.15, 0.2) is 35.0 Å². The third-order valence-corrected chi connectivity index (χ3v) is 3.69. The number of benzene rings is 1. The lowest BCUT2D eigenvalue weighted by molar-refractivity contribution is 0.0697. The SMILES string of the molecule is O=C(O)c1ccc2c(c1)nnn2CCc1ccsc1.